The van der Waals surface area contributed by atoms with Crippen molar-refractivity contribution in [2.45, 2.75) is 50.6 Å². The summed E-state index contributed by atoms with van der Waals surface area (Å²) in [7, 11) is 0. The Labute approximate surface area is 206 Å². The van der Waals surface area contributed by atoms with Crippen molar-refractivity contribution in [2.24, 2.45) is 0 Å². The largest absolute Gasteiger partial charge is 0.339 e. The molecule has 2 aromatic heterocycles. The molecule has 4 aromatic rings. The number of nitrogens with zero attached hydrogens (tertiary/aromatic N) is 5. The normalized spacial score (nSPS) is 13.2. The number of anilines is 1. The molecule has 1 aliphatic carbocycles. The summed E-state index contributed by atoms with van der Waals surface area (Å²) in [5, 5.41) is 16.6. The number of nitrogens with one attached hydrogen (secondary N) is 1. The van der Waals surface area contributed by atoms with Crippen molar-refractivity contribution in [2.75, 3.05) is 11.1 Å². The van der Waals surface area contributed by atoms with Crippen LogP contribution in [0.2, 0.25) is 0 Å². The van der Waals surface area contributed by atoms with Gasteiger partial charge in [-0.1, -0.05) is 35.1 Å². The van der Waals surface area contributed by atoms with Gasteiger partial charge in [0.1, 0.15) is 11.6 Å². The predicted molar refractivity (Wildman–Crippen MR) is 131 cm³/mol. The first kappa shape index (κ1) is 23.2. The van der Waals surface area contributed by atoms with Gasteiger partial charge in [-0.2, -0.15) is 4.98 Å². The van der Waals surface area contributed by atoms with E-state index in [0.717, 1.165) is 47.4 Å². The van der Waals surface area contributed by atoms with Crippen LogP contribution in [0.15, 0.2) is 52.1 Å². The first-order valence-corrected chi connectivity index (χ1v) is 12.5. The Morgan fingerprint density at radius 2 is 2.09 bits per heavy atom. The molecule has 8 nitrogen and oxygen atoms in total. The van der Waals surface area contributed by atoms with Crippen LogP contribution in [-0.4, -0.2) is 36.6 Å². The van der Waals surface area contributed by atoms with E-state index in [9.17, 15) is 9.18 Å². The van der Waals surface area contributed by atoms with Gasteiger partial charge < -0.3 is 9.84 Å². The van der Waals surface area contributed by atoms with E-state index in [0.29, 0.717) is 35.2 Å². The van der Waals surface area contributed by atoms with Crippen LogP contribution in [0.25, 0.3) is 17.1 Å². The fraction of sp³-hybridized carbons (Fsp3) is 0.320. The zero-order valence-electron chi connectivity index (χ0n) is 19.5. The molecule has 35 heavy (non-hydrogen) atoms. The Kier molecular flexibility index (Phi) is 6.63. The number of aryl methyl sites for hydroxylation is 2. The fourth-order valence-corrected chi connectivity index (χ4v) is 4.64. The highest BCUT2D eigenvalue weighted by Crippen LogP contribution is 2.41. The topological polar surface area (TPSA) is 98.7 Å². The summed E-state index contributed by atoms with van der Waals surface area (Å²) in [5.74, 6) is 2.67. The summed E-state index contributed by atoms with van der Waals surface area (Å²) in [4.78, 5) is 15.9. The van der Waals surface area contributed by atoms with Crippen LogP contribution in [0, 0.1) is 12.7 Å². The Balaban J connectivity index is 1.24. The van der Waals surface area contributed by atoms with Crippen molar-refractivity contribution < 1.29 is 13.7 Å². The molecule has 1 N–H and O–H groups in total. The van der Waals surface area contributed by atoms with Crippen molar-refractivity contribution in [3.8, 4) is 17.1 Å². The zero-order valence-corrected chi connectivity index (χ0v) is 20.3. The van der Waals surface area contributed by atoms with Gasteiger partial charge in [-0.15, -0.1) is 10.2 Å². The lowest BCUT2D eigenvalue weighted by Gasteiger charge is -2.11. The van der Waals surface area contributed by atoms with Crippen molar-refractivity contribution in [1.82, 2.24) is 24.9 Å². The summed E-state index contributed by atoms with van der Waals surface area (Å²) >= 11 is 1.62. The van der Waals surface area contributed by atoms with Crippen LogP contribution < -0.4 is 5.32 Å². The molecule has 0 radical (unpaired) electrons. The summed E-state index contributed by atoms with van der Waals surface area (Å²) in [6.45, 7) is 3.21. The van der Waals surface area contributed by atoms with Crippen LogP contribution >= 0.6 is 11.8 Å². The lowest BCUT2D eigenvalue weighted by molar-refractivity contribution is -0.114. The summed E-state index contributed by atoms with van der Waals surface area (Å²) in [6.07, 6.45) is 3.62. The Hall–Kier alpha value is -3.53. The molecule has 2 heterocycles. The minimum atomic E-state index is -0.289. The number of aromatic nitrogens is 5. The molecule has 1 fully saturated rings. The highest BCUT2D eigenvalue weighted by atomic mass is 32.2. The maximum Gasteiger partial charge on any atom is 0.226 e. The van der Waals surface area contributed by atoms with Crippen LogP contribution in [0.1, 0.15) is 49.4 Å². The van der Waals surface area contributed by atoms with E-state index < -0.39 is 0 Å². The number of thioether (sulfide) groups is 1. The van der Waals surface area contributed by atoms with E-state index in [-0.39, 0.29) is 11.7 Å². The minimum Gasteiger partial charge on any atom is -0.339 e. The Morgan fingerprint density at radius 1 is 1.23 bits per heavy atom. The Bertz CT molecular complexity index is 1360. The minimum absolute atomic E-state index is 0.111. The van der Waals surface area contributed by atoms with Gasteiger partial charge in [0.05, 0.1) is 5.69 Å². The summed E-state index contributed by atoms with van der Waals surface area (Å²) < 4.78 is 21.3. The smallest absolute Gasteiger partial charge is 0.226 e. The highest BCUT2D eigenvalue weighted by molar-refractivity contribution is 7.99. The monoisotopic (exact) mass is 492 g/mol. The molecule has 0 saturated heterocycles. The molecule has 2 aromatic carbocycles. The number of carbonyl (C=O) groups excluding carboxylic acids is 1. The van der Waals surface area contributed by atoms with Gasteiger partial charge in [0, 0.05) is 36.3 Å². The van der Waals surface area contributed by atoms with E-state index in [1.165, 1.54) is 13.0 Å². The molecule has 0 spiro atoms. The number of benzene rings is 2. The first-order valence-electron chi connectivity index (χ1n) is 11.5. The van der Waals surface area contributed by atoms with Crippen LogP contribution in [0.3, 0.4) is 0 Å². The molecule has 0 bridgehead atoms. The van der Waals surface area contributed by atoms with E-state index in [2.05, 4.69) is 30.2 Å². The maximum atomic E-state index is 13.8. The van der Waals surface area contributed by atoms with Gasteiger partial charge in [-0.05, 0) is 56.0 Å². The summed E-state index contributed by atoms with van der Waals surface area (Å²) in [6, 6.07) is 12.6. The second kappa shape index (κ2) is 9.99. The number of carbonyl (C=O) groups is 1. The van der Waals surface area contributed by atoms with Gasteiger partial charge in [0.25, 0.3) is 0 Å². The zero-order chi connectivity index (χ0) is 24.4. The van der Waals surface area contributed by atoms with E-state index in [4.69, 9.17) is 4.52 Å². The van der Waals surface area contributed by atoms with Gasteiger partial charge in [0.2, 0.25) is 17.6 Å². The molecular formula is C25H25FN6O2S. The second-order valence-corrected chi connectivity index (χ2v) is 9.67. The van der Waals surface area contributed by atoms with Gasteiger partial charge in [0.15, 0.2) is 5.16 Å². The van der Waals surface area contributed by atoms with Gasteiger partial charge >= 0.3 is 0 Å². The molecule has 5 rings (SSSR count). The third-order valence-electron chi connectivity index (χ3n) is 5.69. The molecule has 1 aliphatic rings. The standard InChI is InChI=1S/C25H25FN6O2S/c1-15-8-9-18(13-21(15)26)23-28-22(34-31-23)7-4-12-35-25-30-29-24(17-10-11-17)32(25)20-6-3-5-19(14-20)27-16(2)33/h3,5-6,8-9,13-14,17H,4,7,10-12H2,1-2H3,(H,27,33). The highest BCUT2D eigenvalue weighted by Gasteiger charge is 2.31. The molecule has 10 heteroatoms. The van der Waals surface area contributed by atoms with Crippen molar-refractivity contribution in [1.29, 1.82) is 0 Å². The van der Waals surface area contributed by atoms with Crippen LogP contribution in [0.4, 0.5) is 10.1 Å². The number of halogens is 1. The van der Waals surface area contributed by atoms with Gasteiger partial charge in [-0.3, -0.25) is 9.36 Å². The lowest BCUT2D eigenvalue weighted by atomic mass is 10.1. The second-order valence-electron chi connectivity index (χ2n) is 8.61. The number of hydrogen-bond donors (Lipinski definition) is 1. The molecular weight excluding hydrogens is 467 g/mol. The quantitative estimate of drug-likeness (QED) is 0.249. The molecule has 0 unspecified atom stereocenters. The molecule has 0 atom stereocenters. The van der Waals surface area contributed by atoms with Gasteiger partial charge in [-0.25, -0.2) is 4.39 Å². The third kappa shape index (κ3) is 5.43. The maximum absolute atomic E-state index is 13.8. The van der Waals surface area contributed by atoms with Crippen LogP contribution in [-0.2, 0) is 11.2 Å². The summed E-state index contributed by atoms with van der Waals surface area (Å²) in [5.41, 5.74) is 2.84. The number of rotatable bonds is 9. The van der Waals surface area contributed by atoms with Crippen molar-refractivity contribution in [3.05, 3.63) is 65.6 Å². The van der Waals surface area contributed by atoms with E-state index in [1.807, 2.05) is 24.3 Å². The van der Waals surface area contributed by atoms with Crippen LogP contribution in [0.5, 0.6) is 0 Å². The fourth-order valence-electron chi connectivity index (χ4n) is 3.74. The van der Waals surface area contributed by atoms with E-state index in [1.54, 1.807) is 30.8 Å². The Morgan fingerprint density at radius 3 is 2.86 bits per heavy atom. The molecule has 1 saturated carbocycles. The predicted octanol–water partition coefficient (Wildman–Crippen LogP) is 5.33. The number of hydrogen-bond acceptors (Lipinski definition) is 7. The first-order chi connectivity index (χ1) is 17.0. The lowest BCUT2D eigenvalue weighted by Crippen LogP contribution is -2.07. The van der Waals surface area contributed by atoms with Crippen molar-refractivity contribution >= 4 is 23.4 Å². The van der Waals surface area contributed by atoms with E-state index >= 15 is 0 Å². The SMILES string of the molecule is CC(=O)Nc1cccc(-n2c(SCCCc3nc(-c4ccc(C)c(F)c4)no3)nnc2C2CC2)c1. The molecule has 180 valence electrons. The number of amides is 1. The third-order valence-corrected chi connectivity index (χ3v) is 6.71. The molecule has 1 amide bonds. The average Bonchev–Trinajstić information content (AvgIpc) is 3.41. The average molecular weight is 493 g/mol. The molecule has 0 aliphatic heterocycles. The van der Waals surface area contributed by atoms with Crippen molar-refractivity contribution in [3.63, 3.8) is 0 Å².